The Kier molecular flexibility index (Phi) is 4.50. The second-order valence-corrected chi connectivity index (χ2v) is 5.15. The van der Waals surface area contributed by atoms with E-state index in [2.05, 4.69) is 5.32 Å². The van der Waals surface area contributed by atoms with Crippen LogP contribution in [-0.4, -0.2) is 44.2 Å². The topological polar surface area (TPSA) is 30.5 Å². The summed E-state index contributed by atoms with van der Waals surface area (Å²) in [5.41, 5.74) is -0.160. The summed E-state index contributed by atoms with van der Waals surface area (Å²) in [7, 11) is 0. The predicted molar refractivity (Wildman–Crippen MR) is 60.4 cm³/mol. The fraction of sp³-hybridized carbons (Fsp3) is 1.00. The summed E-state index contributed by atoms with van der Waals surface area (Å²) >= 11 is 0. The maximum atomic E-state index is 12.1. The normalized spacial score (nSPS) is 28.5. The molecule has 18 heavy (non-hydrogen) atoms. The van der Waals surface area contributed by atoms with E-state index in [9.17, 15) is 13.2 Å². The Morgan fingerprint density at radius 3 is 2.56 bits per heavy atom. The highest BCUT2D eigenvalue weighted by molar-refractivity contribution is 4.91. The summed E-state index contributed by atoms with van der Waals surface area (Å²) in [6.45, 7) is 2.01. The second kappa shape index (κ2) is 5.75. The number of hydrogen-bond acceptors (Lipinski definition) is 3. The van der Waals surface area contributed by atoms with Crippen LogP contribution >= 0.6 is 0 Å². The maximum Gasteiger partial charge on any atom is 0.390 e. The van der Waals surface area contributed by atoms with Gasteiger partial charge in [0.05, 0.1) is 12.0 Å². The van der Waals surface area contributed by atoms with E-state index in [0.29, 0.717) is 19.8 Å². The van der Waals surface area contributed by atoms with Crippen LogP contribution < -0.4 is 5.32 Å². The van der Waals surface area contributed by atoms with E-state index in [1.165, 1.54) is 0 Å². The smallest absolute Gasteiger partial charge is 0.381 e. The minimum Gasteiger partial charge on any atom is -0.381 e. The van der Waals surface area contributed by atoms with Gasteiger partial charge in [0.2, 0.25) is 0 Å². The molecule has 2 rings (SSSR count). The van der Waals surface area contributed by atoms with E-state index in [0.717, 1.165) is 25.7 Å². The average molecular weight is 267 g/mol. The summed E-state index contributed by atoms with van der Waals surface area (Å²) in [6, 6.07) is 0.138. The lowest BCUT2D eigenvalue weighted by molar-refractivity contribution is -0.144. The first-order chi connectivity index (χ1) is 8.49. The number of ether oxygens (including phenoxy) is 2. The van der Waals surface area contributed by atoms with E-state index in [1.807, 2.05) is 0 Å². The van der Waals surface area contributed by atoms with Crippen LogP contribution in [-0.2, 0) is 9.47 Å². The fourth-order valence-electron chi connectivity index (χ4n) is 2.71. The summed E-state index contributed by atoms with van der Waals surface area (Å²) in [5, 5.41) is 3.01. The van der Waals surface area contributed by atoms with Crippen LogP contribution in [0.5, 0.6) is 0 Å². The molecule has 2 fully saturated rings. The van der Waals surface area contributed by atoms with Crippen LogP contribution in [0.1, 0.15) is 32.1 Å². The van der Waals surface area contributed by atoms with Gasteiger partial charge in [-0.3, -0.25) is 0 Å². The highest BCUT2D eigenvalue weighted by atomic mass is 19.4. The van der Waals surface area contributed by atoms with Crippen molar-refractivity contribution in [2.24, 2.45) is 0 Å². The van der Waals surface area contributed by atoms with E-state index in [1.54, 1.807) is 0 Å². The Morgan fingerprint density at radius 2 is 1.89 bits per heavy atom. The molecule has 2 heterocycles. The van der Waals surface area contributed by atoms with Crippen molar-refractivity contribution in [3.63, 3.8) is 0 Å². The Hall–Kier alpha value is -0.330. The number of hydrogen-bond donors (Lipinski definition) is 1. The first kappa shape index (κ1) is 14.1. The molecule has 3 nitrogen and oxygen atoms in total. The van der Waals surface area contributed by atoms with Crippen molar-refractivity contribution in [3.05, 3.63) is 0 Å². The molecule has 1 atom stereocenters. The molecule has 2 aliphatic rings. The van der Waals surface area contributed by atoms with Gasteiger partial charge in [-0.2, -0.15) is 13.2 Å². The molecule has 0 amide bonds. The summed E-state index contributed by atoms with van der Waals surface area (Å²) in [5.74, 6) is 0. The van der Waals surface area contributed by atoms with E-state index >= 15 is 0 Å². The molecular weight excluding hydrogens is 247 g/mol. The Balaban J connectivity index is 1.76. The third-order valence-electron chi connectivity index (χ3n) is 3.74. The van der Waals surface area contributed by atoms with Crippen LogP contribution in [0.25, 0.3) is 0 Å². The van der Waals surface area contributed by atoms with Gasteiger partial charge in [-0.25, -0.2) is 0 Å². The molecule has 0 bridgehead atoms. The van der Waals surface area contributed by atoms with Crippen LogP contribution in [0.2, 0.25) is 0 Å². The highest BCUT2D eigenvalue weighted by Gasteiger charge is 2.39. The van der Waals surface area contributed by atoms with Crippen LogP contribution in [0.4, 0.5) is 13.2 Å². The number of rotatable bonds is 3. The van der Waals surface area contributed by atoms with Gasteiger partial charge < -0.3 is 14.8 Å². The molecule has 0 saturated carbocycles. The molecule has 1 unspecified atom stereocenters. The quantitative estimate of drug-likeness (QED) is 0.850. The lowest BCUT2D eigenvalue weighted by Gasteiger charge is -2.43. The summed E-state index contributed by atoms with van der Waals surface area (Å²) in [6.07, 6.45) is -1.54. The monoisotopic (exact) mass is 267 g/mol. The number of halogens is 3. The molecule has 0 aromatic carbocycles. The van der Waals surface area contributed by atoms with Crippen molar-refractivity contribution in [3.8, 4) is 0 Å². The van der Waals surface area contributed by atoms with Gasteiger partial charge in [0.25, 0.3) is 0 Å². The fourth-order valence-corrected chi connectivity index (χ4v) is 2.71. The first-order valence-corrected chi connectivity index (χ1v) is 6.51. The van der Waals surface area contributed by atoms with Gasteiger partial charge in [0.1, 0.15) is 0 Å². The largest absolute Gasteiger partial charge is 0.390 e. The minimum atomic E-state index is -4.07. The van der Waals surface area contributed by atoms with E-state index in [4.69, 9.17) is 9.47 Å². The number of nitrogens with one attached hydrogen (secondary N) is 1. The molecule has 0 radical (unpaired) electrons. The van der Waals surface area contributed by atoms with Crippen LogP contribution in [0, 0.1) is 0 Å². The van der Waals surface area contributed by atoms with E-state index < -0.39 is 12.6 Å². The van der Waals surface area contributed by atoms with Crippen molar-refractivity contribution >= 4 is 0 Å². The highest BCUT2D eigenvalue weighted by Crippen LogP contribution is 2.34. The number of alkyl halides is 3. The molecule has 0 aromatic rings. The lowest BCUT2D eigenvalue weighted by atomic mass is 9.84. The predicted octanol–water partition coefficient (Wildman–Crippen LogP) is 2.26. The molecule has 0 aromatic heterocycles. The van der Waals surface area contributed by atoms with Gasteiger partial charge in [-0.15, -0.1) is 0 Å². The zero-order valence-electron chi connectivity index (χ0n) is 10.4. The minimum absolute atomic E-state index is 0.000741. The zero-order valence-corrected chi connectivity index (χ0v) is 10.4. The second-order valence-electron chi connectivity index (χ2n) is 5.15. The Morgan fingerprint density at radius 1 is 1.17 bits per heavy atom. The van der Waals surface area contributed by atoms with Crippen molar-refractivity contribution < 1.29 is 22.6 Å². The van der Waals surface area contributed by atoms with Crippen molar-refractivity contribution in [2.45, 2.75) is 49.9 Å². The van der Waals surface area contributed by atoms with Gasteiger partial charge in [-0.1, -0.05) is 0 Å². The Bertz CT molecular complexity index is 259. The van der Waals surface area contributed by atoms with Gasteiger partial charge >= 0.3 is 6.18 Å². The van der Waals surface area contributed by atoms with Gasteiger partial charge in [0, 0.05) is 32.4 Å². The first-order valence-electron chi connectivity index (χ1n) is 6.51. The molecule has 2 aliphatic heterocycles. The van der Waals surface area contributed by atoms with Crippen LogP contribution in [0.3, 0.4) is 0 Å². The third-order valence-corrected chi connectivity index (χ3v) is 3.74. The summed E-state index contributed by atoms with van der Waals surface area (Å²) < 4.78 is 47.4. The molecule has 6 heteroatoms. The van der Waals surface area contributed by atoms with Gasteiger partial charge in [-0.05, 0) is 25.7 Å². The van der Waals surface area contributed by atoms with Crippen molar-refractivity contribution in [2.75, 3.05) is 26.4 Å². The molecule has 1 N–H and O–H groups in total. The molecule has 2 saturated heterocycles. The van der Waals surface area contributed by atoms with E-state index in [-0.39, 0.29) is 18.2 Å². The average Bonchev–Trinajstić information content (AvgIpc) is 2.28. The molecule has 106 valence electrons. The SMILES string of the molecule is FC(F)(F)CCNC1CCOC2(CCOCC2)C1. The van der Waals surface area contributed by atoms with Gasteiger partial charge in [0.15, 0.2) is 0 Å². The van der Waals surface area contributed by atoms with Crippen molar-refractivity contribution in [1.29, 1.82) is 0 Å². The third kappa shape index (κ3) is 4.10. The van der Waals surface area contributed by atoms with Crippen LogP contribution in [0.15, 0.2) is 0 Å². The molecule has 1 spiro atoms. The standard InChI is InChI=1S/C12H20F3NO2/c13-12(14,15)2-5-16-10-1-6-18-11(9-10)3-7-17-8-4-11/h10,16H,1-9H2. The molecule has 0 aliphatic carbocycles. The lowest BCUT2D eigenvalue weighted by Crippen LogP contribution is -2.50. The van der Waals surface area contributed by atoms with Crippen molar-refractivity contribution in [1.82, 2.24) is 5.32 Å². The Labute approximate surface area is 105 Å². The summed E-state index contributed by atoms with van der Waals surface area (Å²) in [4.78, 5) is 0. The maximum absolute atomic E-state index is 12.1. The molecular formula is C12H20F3NO2. The zero-order chi connectivity index (χ0) is 13.1.